The highest BCUT2D eigenvalue weighted by Crippen LogP contribution is 2.28. The average molecular weight is 230 g/mol. The smallest absolute Gasteiger partial charge is 0.184 e. The fourth-order valence-corrected chi connectivity index (χ4v) is 1.99. The Morgan fingerprint density at radius 2 is 2.29 bits per heavy atom. The molecule has 0 radical (unpaired) electrons. The normalized spacial score (nSPS) is 24.3. The maximum absolute atomic E-state index is 5.68. The second-order valence-corrected chi connectivity index (χ2v) is 4.11. The summed E-state index contributed by atoms with van der Waals surface area (Å²) in [6.07, 6.45) is 1.49. The van der Waals surface area contributed by atoms with Gasteiger partial charge in [0.05, 0.1) is 18.2 Å². The minimum absolute atomic E-state index is 0.00425. The maximum Gasteiger partial charge on any atom is 0.184 e. The monoisotopic (exact) mass is 230 g/mol. The average Bonchev–Trinajstić information content (AvgIpc) is 2.87. The summed E-state index contributed by atoms with van der Waals surface area (Å²) in [5.41, 5.74) is 7.54. The standard InChI is InChI=1S/C13H14N2O2/c14-7-11-8-16-13(17-11)10-3-4-12-9(6-10)2-1-5-15-12/h1-6,11,13H,7-8,14H2. The highest BCUT2D eigenvalue weighted by atomic mass is 16.7. The molecule has 0 amide bonds. The van der Waals surface area contributed by atoms with Gasteiger partial charge in [-0.25, -0.2) is 0 Å². The van der Waals surface area contributed by atoms with Gasteiger partial charge in [-0.15, -0.1) is 0 Å². The number of hydrogen-bond acceptors (Lipinski definition) is 4. The lowest BCUT2D eigenvalue weighted by atomic mass is 10.1. The molecule has 0 bridgehead atoms. The Balaban J connectivity index is 1.91. The van der Waals surface area contributed by atoms with Gasteiger partial charge in [-0.1, -0.05) is 12.1 Å². The van der Waals surface area contributed by atoms with Crippen molar-refractivity contribution < 1.29 is 9.47 Å². The lowest BCUT2D eigenvalue weighted by molar-refractivity contribution is -0.0584. The number of benzene rings is 1. The molecule has 2 aromatic rings. The largest absolute Gasteiger partial charge is 0.346 e. The van der Waals surface area contributed by atoms with Crippen LogP contribution in [0.1, 0.15) is 11.9 Å². The molecule has 4 heteroatoms. The molecule has 0 saturated carbocycles. The van der Waals surface area contributed by atoms with Crippen LogP contribution >= 0.6 is 0 Å². The van der Waals surface area contributed by atoms with Crippen LogP contribution < -0.4 is 5.73 Å². The van der Waals surface area contributed by atoms with Crippen molar-refractivity contribution in [1.82, 2.24) is 4.98 Å². The molecule has 3 rings (SSSR count). The van der Waals surface area contributed by atoms with Crippen LogP contribution in [0.4, 0.5) is 0 Å². The summed E-state index contributed by atoms with van der Waals surface area (Å²) in [5.74, 6) is 0. The molecule has 0 aliphatic carbocycles. The van der Waals surface area contributed by atoms with Crippen LogP contribution in [0.15, 0.2) is 36.5 Å². The van der Waals surface area contributed by atoms with Gasteiger partial charge in [0.2, 0.25) is 0 Å². The van der Waals surface area contributed by atoms with Gasteiger partial charge in [0.15, 0.2) is 6.29 Å². The Morgan fingerprint density at radius 3 is 3.12 bits per heavy atom. The molecular weight excluding hydrogens is 216 g/mol. The van der Waals surface area contributed by atoms with E-state index >= 15 is 0 Å². The van der Waals surface area contributed by atoms with E-state index in [0.717, 1.165) is 16.5 Å². The van der Waals surface area contributed by atoms with Crippen molar-refractivity contribution >= 4 is 10.9 Å². The van der Waals surface area contributed by atoms with Crippen molar-refractivity contribution in [3.05, 3.63) is 42.1 Å². The first-order valence-electron chi connectivity index (χ1n) is 5.68. The van der Waals surface area contributed by atoms with Crippen molar-refractivity contribution in [2.24, 2.45) is 5.73 Å². The second-order valence-electron chi connectivity index (χ2n) is 4.11. The molecule has 17 heavy (non-hydrogen) atoms. The summed E-state index contributed by atoms with van der Waals surface area (Å²) in [7, 11) is 0. The van der Waals surface area contributed by atoms with Crippen molar-refractivity contribution in [3.8, 4) is 0 Å². The Bertz CT molecular complexity index is 530. The highest BCUT2D eigenvalue weighted by Gasteiger charge is 2.26. The van der Waals surface area contributed by atoms with E-state index in [1.165, 1.54) is 0 Å². The van der Waals surface area contributed by atoms with Crippen molar-refractivity contribution in [2.45, 2.75) is 12.4 Å². The van der Waals surface area contributed by atoms with Crippen LogP contribution in [0.25, 0.3) is 10.9 Å². The van der Waals surface area contributed by atoms with Gasteiger partial charge in [-0.3, -0.25) is 4.98 Å². The van der Waals surface area contributed by atoms with Crippen molar-refractivity contribution in [3.63, 3.8) is 0 Å². The summed E-state index contributed by atoms with van der Waals surface area (Å²) in [6, 6.07) is 9.96. The number of aromatic nitrogens is 1. The number of fused-ring (bicyclic) bond motifs is 1. The van der Waals surface area contributed by atoms with Crippen LogP contribution in [0, 0.1) is 0 Å². The Kier molecular flexibility index (Phi) is 2.76. The minimum atomic E-state index is -0.298. The van der Waals surface area contributed by atoms with Crippen molar-refractivity contribution in [1.29, 1.82) is 0 Å². The number of ether oxygens (including phenoxy) is 2. The number of hydrogen-bond donors (Lipinski definition) is 1. The molecule has 1 aliphatic heterocycles. The van der Waals surface area contributed by atoms with Gasteiger partial charge in [-0.05, 0) is 18.2 Å². The zero-order valence-electron chi connectivity index (χ0n) is 9.37. The number of nitrogens with zero attached hydrogens (tertiary/aromatic N) is 1. The predicted octanol–water partition coefficient (Wildman–Crippen LogP) is 1.61. The molecule has 88 valence electrons. The lowest BCUT2D eigenvalue weighted by Gasteiger charge is -2.11. The van der Waals surface area contributed by atoms with E-state index < -0.39 is 0 Å². The number of nitrogens with two attached hydrogens (primary N) is 1. The third-order valence-electron chi connectivity index (χ3n) is 2.91. The quantitative estimate of drug-likeness (QED) is 0.851. The van der Waals surface area contributed by atoms with E-state index in [9.17, 15) is 0 Å². The van der Waals surface area contributed by atoms with E-state index in [-0.39, 0.29) is 12.4 Å². The molecule has 0 spiro atoms. The Labute approximate surface area is 99.4 Å². The molecule has 1 aromatic carbocycles. The maximum atomic E-state index is 5.68. The summed E-state index contributed by atoms with van der Waals surface area (Å²) in [4.78, 5) is 4.28. The third kappa shape index (κ3) is 2.02. The first-order chi connectivity index (χ1) is 8.36. The number of rotatable bonds is 2. The summed E-state index contributed by atoms with van der Waals surface area (Å²) in [5, 5.41) is 1.09. The van der Waals surface area contributed by atoms with E-state index in [1.807, 2.05) is 30.3 Å². The summed E-state index contributed by atoms with van der Waals surface area (Å²) in [6.45, 7) is 1.05. The second kappa shape index (κ2) is 4.41. The third-order valence-corrected chi connectivity index (χ3v) is 2.91. The van der Waals surface area contributed by atoms with Gasteiger partial charge in [0.25, 0.3) is 0 Å². The summed E-state index contributed by atoms with van der Waals surface area (Å²) >= 11 is 0. The highest BCUT2D eigenvalue weighted by molar-refractivity contribution is 5.78. The van der Waals surface area contributed by atoms with E-state index in [2.05, 4.69) is 4.98 Å². The van der Waals surface area contributed by atoms with E-state index in [4.69, 9.17) is 15.2 Å². The molecule has 1 saturated heterocycles. The van der Waals surface area contributed by atoms with Crippen LogP contribution in [0.5, 0.6) is 0 Å². The van der Waals surface area contributed by atoms with E-state index in [1.54, 1.807) is 6.20 Å². The number of pyridine rings is 1. The van der Waals surface area contributed by atoms with Gasteiger partial charge >= 0.3 is 0 Å². The molecule has 4 nitrogen and oxygen atoms in total. The SMILES string of the molecule is NCC1COC(c2ccc3ncccc3c2)O1. The zero-order chi connectivity index (χ0) is 11.7. The van der Waals surface area contributed by atoms with Gasteiger partial charge in [-0.2, -0.15) is 0 Å². The summed E-state index contributed by atoms with van der Waals surface area (Å²) < 4.78 is 11.2. The molecule has 2 heterocycles. The first-order valence-corrected chi connectivity index (χ1v) is 5.68. The molecule has 1 fully saturated rings. The molecule has 1 aliphatic rings. The van der Waals surface area contributed by atoms with Crippen LogP contribution in [-0.4, -0.2) is 24.2 Å². The Hall–Kier alpha value is -1.49. The molecule has 1 aromatic heterocycles. The van der Waals surface area contributed by atoms with Crippen LogP contribution in [0.2, 0.25) is 0 Å². The van der Waals surface area contributed by atoms with Crippen molar-refractivity contribution in [2.75, 3.05) is 13.2 Å². The topological polar surface area (TPSA) is 57.4 Å². The predicted molar refractivity (Wildman–Crippen MR) is 64.4 cm³/mol. The fraction of sp³-hybridized carbons (Fsp3) is 0.308. The fourth-order valence-electron chi connectivity index (χ4n) is 1.99. The van der Waals surface area contributed by atoms with Crippen LogP contribution in [-0.2, 0) is 9.47 Å². The van der Waals surface area contributed by atoms with Gasteiger partial charge in [0.1, 0.15) is 0 Å². The van der Waals surface area contributed by atoms with Gasteiger partial charge < -0.3 is 15.2 Å². The molecular formula is C13H14N2O2. The molecule has 2 atom stereocenters. The Morgan fingerprint density at radius 1 is 1.35 bits per heavy atom. The van der Waals surface area contributed by atoms with Crippen LogP contribution in [0.3, 0.4) is 0 Å². The minimum Gasteiger partial charge on any atom is -0.346 e. The first kappa shape index (κ1) is 10.7. The zero-order valence-corrected chi connectivity index (χ0v) is 9.37. The molecule has 2 unspecified atom stereocenters. The van der Waals surface area contributed by atoms with Gasteiger partial charge in [0, 0.05) is 23.7 Å². The lowest BCUT2D eigenvalue weighted by Crippen LogP contribution is -2.21. The molecule has 2 N–H and O–H groups in total. The van der Waals surface area contributed by atoms with E-state index in [0.29, 0.717) is 13.2 Å².